The minimum atomic E-state index is -0.0358. The molecule has 1 heterocycles. The van der Waals surface area contributed by atoms with Crippen LogP contribution in [0.25, 0.3) is 10.8 Å². The second kappa shape index (κ2) is 3.53. The van der Waals surface area contributed by atoms with Crippen molar-refractivity contribution in [1.82, 2.24) is 9.78 Å². The third-order valence-corrected chi connectivity index (χ3v) is 2.61. The summed E-state index contributed by atoms with van der Waals surface area (Å²) in [5, 5.41) is 5.63. The molecule has 0 spiro atoms. The molecule has 0 radical (unpaired) electrons. The summed E-state index contributed by atoms with van der Waals surface area (Å²) in [5.74, 6) is 0. The molecule has 0 saturated carbocycles. The number of aromatic nitrogens is 2. The maximum atomic E-state index is 11.8. The van der Waals surface area contributed by atoms with Crippen LogP contribution in [0, 0.1) is 0 Å². The van der Waals surface area contributed by atoms with E-state index in [1.54, 1.807) is 6.20 Å². The second-order valence-corrected chi connectivity index (χ2v) is 3.91. The highest BCUT2D eigenvalue weighted by atomic mass is 79.9. The Morgan fingerprint density at radius 2 is 2.29 bits per heavy atom. The Balaban J connectivity index is 2.87. The van der Waals surface area contributed by atoms with Gasteiger partial charge in [0.1, 0.15) is 0 Å². The number of nitrogens with zero attached hydrogens (tertiary/aromatic N) is 2. The topological polar surface area (TPSA) is 34.9 Å². The zero-order valence-corrected chi connectivity index (χ0v) is 9.28. The van der Waals surface area contributed by atoms with Crippen molar-refractivity contribution in [3.63, 3.8) is 0 Å². The first-order chi connectivity index (χ1) is 6.72. The van der Waals surface area contributed by atoms with Crippen molar-refractivity contribution in [1.29, 1.82) is 0 Å². The van der Waals surface area contributed by atoms with E-state index >= 15 is 0 Å². The number of hydrogen-bond acceptors (Lipinski definition) is 2. The van der Waals surface area contributed by atoms with E-state index in [0.29, 0.717) is 11.9 Å². The van der Waals surface area contributed by atoms with Gasteiger partial charge in [-0.3, -0.25) is 4.79 Å². The zero-order chi connectivity index (χ0) is 10.1. The molecule has 0 aliphatic rings. The van der Waals surface area contributed by atoms with E-state index in [-0.39, 0.29) is 5.56 Å². The van der Waals surface area contributed by atoms with E-state index in [1.165, 1.54) is 4.68 Å². The summed E-state index contributed by atoms with van der Waals surface area (Å²) in [4.78, 5) is 11.8. The Bertz CT molecular complexity index is 533. The fourth-order valence-corrected chi connectivity index (χ4v) is 1.74. The first-order valence-electron chi connectivity index (χ1n) is 4.37. The van der Waals surface area contributed by atoms with Crippen LogP contribution < -0.4 is 5.56 Å². The molecule has 4 heteroatoms. The summed E-state index contributed by atoms with van der Waals surface area (Å²) in [6.45, 7) is 2.50. The molecule has 14 heavy (non-hydrogen) atoms. The van der Waals surface area contributed by atoms with Crippen LogP contribution in [0.5, 0.6) is 0 Å². The Morgan fingerprint density at radius 1 is 1.50 bits per heavy atom. The lowest BCUT2D eigenvalue weighted by Gasteiger charge is -2.02. The van der Waals surface area contributed by atoms with Crippen molar-refractivity contribution >= 4 is 26.7 Å². The van der Waals surface area contributed by atoms with E-state index in [0.717, 1.165) is 9.86 Å². The van der Waals surface area contributed by atoms with Crippen LogP contribution in [0.3, 0.4) is 0 Å². The SMILES string of the molecule is CCn1ncc2ccc(Br)cc2c1=O. The van der Waals surface area contributed by atoms with Crippen molar-refractivity contribution in [2.75, 3.05) is 0 Å². The molecule has 0 saturated heterocycles. The molecular formula is C10H9BrN2O. The first kappa shape index (κ1) is 9.40. The number of aryl methyl sites for hydroxylation is 1. The summed E-state index contributed by atoms with van der Waals surface area (Å²) < 4.78 is 2.37. The molecule has 0 aliphatic heterocycles. The quantitative estimate of drug-likeness (QED) is 0.780. The van der Waals surface area contributed by atoms with Gasteiger partial charge in [0.25, 0.3) is 5.56 Å². The summed E-state index contributed by atoms with van der Waals surface area (Å²) in [5.41, 5.74) is -0.0358. The lowest BCUT2D eigenvalue weighted by molar-refractivity contribution is 0.623. The summed E-state index contributed by atoms with van der Waals surface area (Å²) >= 11 is 3.34. The van der Waals surface area contributed by atoms with Crippen molar-refractivity contribution in [3.05, 3.63) is 39.2 Å². The van der Waals surface area contributed by atoms with Gasteiger partial charge in [-0.15, -0.1) is 0 Å². The zero-order valence-electron chi connectivity index (χ0n) is 7.70. The standard InChI is InChI=1S/C10H9BrN2O/c1-2-13-10(14)9-5-8(11)4-3-7(9)6-12-13/h3-6H,2H2,1H3. The first-order valence-corrected chi connectivity index (χ1v) is 5.17. The van der Waals surface area contributed by atoms with Gasteiger partial charge < -0.3 is 0 Å². The van der Waals surface area contributed by atoms with Crippen molar-refractivity contribution in [3.8, 4) is 0 Å². The molecule has 0 amide bonds. The van der Waals surface area contributed by atoms with Gasteiger partial charge in [-0.05, 0) is 19.1 Å². The normalized spacial score (nSPS) is 10.7. The van der Waals surface area contributed by atoms with Crippen LogP contribution in [0.2, 0.25) is 0 Å². The van der Waals surface area contributed by atoms with Crippen molar-refractivity contribution < 1.29 is 0 Å². The number of hydrogen-bond donors (Lipinski definition) is 0. The molecular weight excluding hydrogens is 244 g/mol. The summed E-state index contributed by atoms with van der Waals surface area (Å²) in [6, 6.07) is 5.61. The van der Waals surface area contributed by atoms with Crippen molar-refractivity contribution in [2.24, 2.45) is 0 Å². The molecule has 1 aromatic carbocycles. The van der Waals surface area contributed by atoms with Gasteiger partial charge in [0.15, 0.2) is 0 Å². The molecule has 2 aromatic rings. The number of rotatable bonds is 1. The van der Waals surface area contributed by atoms with E-state index < -0.39 is 0 Å². The number of halogens is 1. The minimum absolute atomic E-state index is 0.0358. The minimum Gasteiger partial charge on any atom is -0.267 e. The smallest absolute Gasteiger partial charge is 0.267 e. The average Bonchev–Trinajstić information content (AvgIpc) is 2.20. The number of fused-ring (bicyclic) bond motifs is 1. The third-order valence-electron chi connectivity index (χ3n) is 2.12. The highest BCUT2D eigenvalue weighted by Crippen LogP contribution is 2.15. The van der Waals surface area contributed by atoms with Crippen LogP contribution in [0.15, 0.2) is 33.7 Å². The van der Waals surface area contributed by atoms with Crippen LogP contribution >= 0.6 is 15.9 Å². The summed E-state index contributed by atoms with van der Waals surface area (Å²) in [7, 11) is 0. The molecule has 0 aliphatic carbocycles. The van der Waals surface area contributed by atoms with Crippen LogP contribution in [0.1, 0.15) is 6.92 Å². The Hall–Kier alpha value is -1.16. The lowest BCUT2D eigenvalue weighted by Crippen LogP contribution is -2.21. The van der Waals surface area contributed by atoms with Crippen LogP contribution in [0.4, 0.5) is 0 Å². The molecule has 3 nitrogen and oxygen atoms in total. The third kappa shape index (κ3) is 1.46. The molecule has 0 fully saturated rings. The van der Waals surface area contributed by atoms with Gasteiger partial charge in [0, 0.05) is 16.4 Å². The molecule has 0 N–H and O–H groups in total. The van der Waals surface area contributed by atoms with Gasteiger partial charge in [-0.1, -0.05) is 22.0 Å². The van der Waals surface area contributed by atoms with E-state index in [4.69, 9.17) is 0 Å². The van der Waals surface area contributed by atoms with E-state index in [9.17, 15) is 4.79 Å². The van der Waals surface area contributed by atoms with Gasteiger partial charge in [0.2, 0.25) is 0 Å². The Labute approximate surface area is 89.5 Å². The maximum Gasteiger partial charge on any atom is 0.274 e. The van der Waals surface area contributed by atoms with Gasteiger partial charge in [-0.25, -0.2) is 4.68 Å². The van der Waals surface area contributed by atoms with E-state index in [1.807, 2.05) is 25.1 Å². The molecule has 1 aromatic heterocycles. The lowest BCUT2D eigenvalue weighted by atomic mass is 10.2. The largest absolute Gasteiger partial charge is 0.274 e. The summed E-state index contributed by atoms with van der Waals surface area (Å²) in [6.07, 6.45) is 1.71. The fourth-order valence-electron chi connectivity index (χ4n) is 1.37. The van der Waals surface area contributed by atoms with Gasteiger partial charge in [-0.2, -0.15) is 5.10 Å². The maximum absolute atomic E-state index is 11.8. The van der Waals surface area contributed by atoms with Crippen LogP contribution in [-0.4, -0.2) is 9.78 Å². The molecule has 0 unspecified atom stereocenters. The molecule has 0 atom stereocenters. The van der Waals surface area contributed by atoms with Crippen LogP contribution in [-0.2, 0) is 6.54 Å². The van der Waals surface area contributed by atoms with E-state index in [2.05, 4.69) is 21.0 Å². The molecule has 0 bridgehead atoms. The predicted molar refractivity (Wildman–Crippen MR) is 59.4 cm³/mol. The second-order valence-electron chi connectivity index (χ2n) is 3.00. The molecule has 2 rings (SSSR count). The van der Waals surface area contributed by atoms with Gasteiger partial charge in [0.05, 0.1) is 11.6 Å². The van der Waals surface area contributed by atoms with Gasteiger partial charge >= 0.3 is 0 Å². The predicted octanol–water partition coefficient (Wildman–Crippen LogP) is 2.18. The average molecular weight is 253 g/mol. The number of benzene rings is 1. The Morgan fingerprint density at radius 3 is 3.00 bits per heavy atom. The van der Waals surface area contributed by atoms with Crippen molar-refractivity contribution in [2.45, 2.75) is 13.5 Å². The molecule has 72 valence electrons. The highest BCUT2D eigenvalue weighted by molar-refractivity contribution is 9.10. The Kier molecular flexibility index (Phi) is 2.37. The monoisotopic (exact) mass is 252 g/mol. The fraction of sp³-hybridized carbons (Fsp3) is 0.200. The highest BCUT2D eigenvalue weighted by Gasteiger charge is 2.02.